The molecule has 2 unspecified atom stereocenters. The molecule has 18 heavy (non-hydrogen) atoms. The number of hydrogen-bond donors (Lipinski definition) is 1. The molecule has 0 bridgehead atoms. The lowest BCUT2D eigenvalue weighted by molar-refractivity contribution is 0.265. The summed E-state index contributed by atoms with van der Waals surface area (Å²) in [6, 6.07) is 8.25. The summed E-state index contributed by atoms with van der Waals surface area (Å²) in [5.41, 5.74) is 1.30. The minimum atomic E-state index is -0.666. The van der Waals surface area contributed by atoms with Crippen molar-refractivity contribution in [3.05, 3.63) is 29.8 Å². The summed E-state index contributed by atoms with van der Waals surface area (Å²) < 4.78 is 17.0. The van der Waals surface area contributed by atoms with Gasteiger partial charge in [0, 0.05) is 41.3 Å². The Morgan fingerprint density at radius 3 is 3.11 bits per heavy atom. The first-order chi connectivity index (χ1) is 8.81. The highest BCUT2D eigenvalue weighted by Crippen LogP contribution is 2.32. The molecule has 0 saturated carbocycles. The lowest BCUT2D eigenvalue weighted by Gasteiger charge is -2.26. The van der Waals surface area contributed by atoms with Crippen LogP contribution >= 0.6 is 0 Å². The normalized spacial score (nSPS) is 19.9. The standard InChI is InChI=1S/C14H21NO2S/c1-2-18(16)10-8-15-11-12-7-9-17-14-6-4-3-5-13(12)14/h3-6,12,15H,2,7-11H2,1H3. The van der Waals surface area contributed by atoms with Crippen molar-refractivity contribution in [2.24, 2.45) is 0 Å². The van der Waals surface area contributed by atoms with E-state index >= 15 is 0 Å². The highest BCUT2D eigenvalue weighted by molar-refractivity contribution is 7.84. The molecule has 3 nitrogen and oxygen atoms in total. The summed E-state index contributed by atoms with van der Waals surface area (Å²) in [5.74, 6) is 3.04. The first kappa shape index (κ1) is 13.6. The quantitative estimate of drug-likeness (QED) is 0.800. The zero-order valence-electron chi connectivity index (χ0n) is 10.9. The van der Waals surface area contributed by atoms with E-state index in [1.807, 2.05) is 19.1 Å². The molecule has 1 heterocycles. The summed E-state index contributed by atoms with van der Waals surface area (Å²) >= 11 is 0. The van der Waals surface area contributed by atoms with Gasteiger partial charge in [-0.15, -0.1) is 0 Å². The van der Waals surface area contributed by atoms with E-state index < -0.39 is 10.8 Å². The molecule has 2 atom stereocenters. The third-order valence-corrected chi connectivity index (χ3v) is 4.61. The monoisotopic (exact) mass is 267 g/mol. The lowest BCUT2D eigenvalue weighted by atomic mass is 9.93. The zero-order chi connectivity index (χ0) is 12.8. The van der Waals surface area contributed by atoms with Crippen molar-refractivity contribution in [2.45, 2.75) is 19.3 Å². The van der Waals surface area contributed by atoms with Crippen molar-refractivity contribution in [3.8, 4) is 5.75 Å². The predicted octanol–water partition coefficient (Wildman–Crippen LogP) is 1.91. The van der Waals surface area contributed by atoms with Gasteiger partial charge >= 0.3 is 0 Å². The molecule has 0 radical (unpaired) electrons. The minimum absolute atomic E-state index is 0.519. The molecule has 0 fully saturated rings. The van der Waals surface area contributed by atoms with E-state index in [4.69, 9.17) is 4.74 Å². The number of ether oxygens (including phenoxy) is 1. The fourth-order valence-corrected chi connectivity index (χ4v) is 2.90. The van der Waals surface area contributed by atoms with Gasteiger partial charge in [0.2, 0.25) is 0 Å². The van der Waals surface area contributed by atoms with Crippen LogP contribution < -0.4 is 10.1 Å². The van der Waals surface area contributed by atoms with Crippen LogP contribution in [0.2, 0.25) is 0 Å². The molecule has 100 valence electrons. The van der Waals surface area contributed by atoms with E-state index in [1.54, 1.807) is 0 Å². The zero-order valence-corrected chi connectivity index (χ0v) is 11.7. The summed E-state index contributed by atoms with van der Waals surface area (Å²) in [6.45, 7) is 4.54. The number of para-hydroxylation sites is 1. The summed E-state index contributed by atoms with van der Waals surface area (Å²) in [4.78, 5) is 0. The Kier molecular flexibility index (Phi) is 5.20. The van der Waals surface area contributed by atoms with Crippen molar-refractivity contribution in [1.29, 1.82) is 0 Å². The molecular weight excluding hydrogens is 246 g/mol. The SMILES string of the molecule is CCS(=O)CCNCC1CCOc2ccccc21. The maximum Gasteiger partial charge on any atom is 0.122 e. The van der Waals surface area contributed by atoms with Crippen LogP contribution in [0.5, 0.6) is 5.75 Å². The Morgan fingerprint density at radius 1 is 1.44 bits per heavy atom. The van der Waals surface area contributed by atoms with Gasteiger partial charge in [0.15, 0.2) is 0 Å². The van der Waals surface area contributed by atoms with E-state index in [1.165, 1.54) is 5.56 Å². The first-order valence-electron chi connectivity index (χ1n) is 6.58. The lowest BCUT2D eigenvalue weighted by Crippen LogP contribution is -2.28. The number of benzene rings is 1. The van der Waals surface area contributed by atoms with Crippen LogP contribution in [0.3, 0.4) is 0 Å². The van der Waals surface area contributed by atoms with Gasteiger partial charge in [0.25, 0.3) is 0 Å². The molecule has 2 rings (SSSR count). The topological polar surface area (TPSA) is 38.3 Å². The van der Waals surface area contributed by atoms with Crippen LogP contribution in [0.25, 0.3) is 0 Å². The first-order valence-corrected chi connectivity index (χ1v) is 8.07. The Balaban J connectivity index is 1.82. The van der Waals surface area contributed by atoms with Crippen molar-refractivity contribution >= 4 is 10.8 Å². The number of nitrogens with one attached hydrogen (secondary N) is 1. The fourth-order valence-electron chi connectivity index (χ4n) is 2.23. The Bertz CT molecular complexity index is 409. The van der Waals surface area contributed by atoms with E-state index in [0.717, 1.165) is 43.4 Å². The van der Waals surface area contributed by atoms with Crippen LogP contribution in [0.15, 0.2) is 24.3 Å². The maximum absolute atomic E-state index is 11.3. The number of fused-ring (bicyclic) bond motifs is 1. The molecule has 1 N–H and O–H groups in total. The van der Waals surface area contributed by atoms with E-state index in [9.17, 15) is 4.21 Å². The molecule has 1 aromatic rings. The Morgan fingerprint density at radius 2 is 2.28 bits per heavy atom. The van der Waals surface area contributed by atoms with Gasteiger partial charge in [-0.1, -0.05) is 25.1 Å². The van der Waals surface area contributed by atoms with Gasteiger partial charge in [0.1, 0.15) is 5.75 Å². The van der Waals surface area contributed by atoms with Crippen LogP contribution in [0.1, 0.15) is 24.8 Å². The summed E-state index contributed by atoms with van der Waals surface area (Å²) in [7, 11) is -0.666. The van der Waals surface area contributed by atoms with Gasteiger partial charge < -0.3 is 10.1 Å². The van der Waals surface area contributed by atoms with Gasteiger partial charge in [-0.05, 0) is 18.1 Å². The summed E-state index contributed by atoms with van der Waals surface area (Å²) in [6.07, 6.45) is 1.06. The number of rotatable bonds is 6. The fraction of sp³-hybridized carbons (Fsp3) is 0.571. The Hall–Kier alpha value is -0.870. The molecule has 0 amide bonds. The van der Waals surface area contributed by atoms with Gasteiger partial charge in [-0.2, -0.15) is 0 Å². The average Bonchev–Trinajstić information content (AvgIpc) is 2.43. The molecule has 0 spiro atoms. The Labute approximate surface area is 111 Å². The van der Waals surface area contributed by atoms with Crippen LogP contribution in [0.4, 0.5) is 0 Å². The predicted molar refractivity (Wildman–Crippen MR) is 75.7 cm³/mol. The van der Waals surface area contributed by atoms with Crippen molar-refractivity contribution in [1.82, 2.24) is 5.32 Å². The van der Waals surface area contributed by atoms with Gasteiger partial charge in [0.05, 0.1) is 6.61 Å². The molecule has 0 aromatic heterocycles. The molecule has 1 aliphatic rings. The van der Waals surface area contributed by atoms with Crippen LogP contribution in [-0.2, 0) is 10.8 Å². The smallest absolute Gasteiger partial charge is 0.122 e. The second-order valence-electron chi connectivity index (χ2n) is 4.51. The van der Waals surface area contributed by atoms with E-state index in [-0.39, 0.29) is 0 Å². The van der Waals surface area contributed by atoms with Crippen molar-refractivity contribution < 1.29 is 8.95 Å². The van der Waals surface area contributed by atoms with E-state index in [2.05, 4.69) is 17.4 Å². The summed E-state index contributed by atoms with van der Waals surface area (Å²) in [5, 5.41) is 3.41. The van der Waals surface area contributed by atoms with Crippen LogP contribution in [-0.4, -0.2) is 35.4 Å². The molecule has 1 aromatic carbocycles. The van der Waals surface area contributed by atoms with E-state index in [0.29, 0.717) is 5.92 Å². The largest absolute Gasteiger partial charge is 0.493 e. The van der Waals surface area contributed by atoms with Crippen molar-refractivity contribution in [2.75, 3.05) is 31.2 Å². The van der Waals surface area contributed by atoms with Crippen LogP contribution in [0, 0.1) is 0 Å². The van der Waals surface area contributed by atoms with Crippen molar-refractivity contribution in [3.63, 3.8) is 0 Å². The number of hydrogen-bond acceptors (Lipinski definition) is 3. The average molecular weight is 267 g/mol. The molecule has 1 aliphatic heterocycles. The van der Waals surface area contributed by atoms with Gasteiger partial charge in [-0.25, -0.2) is 0 Å². The second-order valence-corrected chi connectivity index (χ2v) is 6.37. The van der Waals surface area contributed by atoms with Gasteiger partial charge in [-0.3, -0.25) is 4.21 Å². The molecular formula is C14H21NO2S. The highest BCUT2D eigenvalue weighted by Gasteiger charge is 2.20. The molecule has 0 saturated heterocycles. The molecule has 0 aliphatic carbocycles. The minimum Gasteiger partial charge on any atom is -0.493 e. The third-order valence-electron chi connectivity index (χ3n) is 3.30. The third kappa shape index (κ3) is 3.56. The second kappa shape index (κ2) is 6.90. The molecule has 4 heteroatoms. The highest BCUT2D eigenvalue weighted by atomic mass is 32.2. The maximum atomic E-state index is 11.3.